The Morgan fingerprint density at radius 1 is 1.27 bits per heavy atom. The van der Waals surface area contributed by atoms with Crippen LogP contribution in [0.4, 0.5) is 11.4 Å². The van der Waals surface area contributed by atoms with Crippen LogP contribution in [-0.2, 0) is 10.0 Å². The molecule has 0 fully saturated rings. The van der Waals surface area contributed by atoms with E-state index in [1.54, 1.807) is 6.92 Å². The van der Waals surface area contributed by atoms with Crippen molar-refractivity contribution in [2.24, 2.45) is 4.99 Å². The number of fused-ring (bicyclic) bond motifs is 1. The fraction of sp³-hybridized carbons (Fsp3) is 0.133. The Balaban J connectivity index is 2.24. The van der Waals surface area contributed by atoms with Gasteiger partial charge in [-0.1, -0.05) is 29.8 Å². The van der Waals surface area contributed by atoms with Crippen molar-refractivity contribution in [1.82, 2.24) is 14.6 Å². The minimum Gasteiger partial charge on any atom is -0.288 e. The number of rotatable bonds is 3. The van der Waals surface area contributed by atoms with E-state index in [1.165, 1.54) is 22.7 Å². The quantitative estimate of drug-likeness (QED) is 0.675. The number of aromatic nitrogens is 3. The second-order valence-corrected chi connectivity index (χ2v) is 8.17. The molecule has 0 aliphatic rings. The molecule has 0 aliphatic carbocycles. The van der Waals surface area contributed by atoms with Crippen molar-refractivity contribution in [2.75, 3.05) is 11.0 Å². The lowest BCUT2D eigenvalue weighted by Crippen LogP contribution is -2.21. The first-order chi connectivity index (χ1) is 12.0. The van der Waals surface area contributed by atoms with Gasteiger partial charge in [-0.3, -0.25) is 14.6 Å². The van der Waals surface area contributed by atoms with Gasteiger partial charge in [-0.15, -0.1) is 0 Å². The average molecular weight is 414 g/mol. The standard InChI is InChI=1S/C15H13Cl2N5O3S/c1-7-4-12(23)22-15(18-7)13(8(2)20-22)19-9-5-10(16)14(11(17)6-9)21-26(3,24)25/h4-6,20-21H,2H2,1,3H3. The number of hydrogen-bond acceptors (Lipinski definition) is 5. The van der Waals surface area contributed by atoms with Gasteiger partial charge >= 0.3 is 0 Å². The Labute approximate surface area is 157 Å². The summed E-state index contributed by atoms with van der Waals surface area (Å²) in [6.07, 6.45) is 0.991. The lowest BCUT2D eigenvalue weighted by atomic mass is 10.3. The van der Waals surface area contributed by atoms with Crippen LogP contribution in [0.5, 0.6) is 0 Å². The highest BCUT2D eigenvalue weighted by Crippen LogP contribution is 2.35. The molecule has 2 aromatic heterocycles. The molecule has 0 radical (unpaired) electrons. The molecule has 0 saturated heterocycles. The van der Waals surface area contributed by atoms with Gasteiger partial charge in [0.2, 0.25) is 10.0 Å². The summed E-state index contributed by atoms with van der Waals surface area (Å²) < 4.78 is 26.3. The molecule has 2 N–H and O–H groups in total. The van der Waals surface area contributed by atoms with Crippen LogP contribution in [0.3, 0.4) is 0 Å². The first-order valence-corrected chi connectivity index (χ1v) is 9.83. The van der Waals surface area contributed by atoms with Gasteiger partial charge in [-0.2, -0.15) is 4.52 Å². The van der Waals surface area contributed by atoms with Gasteiger partial charge in [0, 0.05) is 11.8 Å². The highest BCUT2D eigenvalue weighted by Gasteiger charge is 2.13. The Morgan fingerprint density at radius 3 is 2.46 bits per heavy atom. The lowest BCUT2D eigenvalue weighted by molar-refractivity contribution is 0.607. The number of aromatic amines is 1. The highest BCUT2D eigenvalue weighted by molar-refractivity contribution is 7.92. The van der Waals surface area contributed by atoms with Crippen molar-refractivity contribution in [3.8, 4) is 0 Å². The molecule has 0 spiro atoms. The van der Waals surface area contributed by atoms with Gasteiger partial charge in [0.05, 0.1) is 33.0 Å². The third-order valence-corrected chi connectivity index (χ3v) is 4.52. The van der Waals surface area contributed by atoms with E-state index in [9.17, 15) is 13.2 Å². The monoisotopic (exact) mass is 413 g/mol. The highest BCUT2D eigenvalue weighted by atomic mass is 35.5. The van der Waals surface area contributed by atoms with Crippen molar-refractivity contribution in [1.29, 1.82) is 0 Å². The Hall–Kier alpha value is -2.36. The smallest absolute Gasteiger partial charge is 0.272 e. The van der Waals surface area contributed by atoms with E-state index in [1.807, 2.05) is 0 Å². The zero-order chi connectivity index (χ0) is 19.2. The molecule has 8 nitrogen and oxygen atoms in total. The minimum atomic E-state index is -3.54. The van der Waals surface area contributed by atoms with Crippen LogP contribution < -0.4 is 21.0 Å². The van der Waals surface area contributed by atoms with Gasteiger partial charge in [0.25, 0.3) is 5.56 Å². The van der Waals surface area contributed by atoms with Crippen molar-refractivity contribution in [3.05, 3.63) is 55.0 Å². The Bertz CT molecular complexity index is 1290. The molecule has 136 valence electrons. The van der Waals surface area contributed by atoms with Gasteiger partial charge in [-0.05, 0) is 19.1 Å². The van der Waals surface area contributed by atoms with Gasteiger partial charge in [0.15, 0.2) is 5.65 Å². The number of nitrogens with one attached hydrogen (secondary N) is 2. The molecule has 26 heavy (non-hydrogen) atoms. The third kappa shape index (κ3) is 3.59. The lowest BCUT2D eigenvalue weighted by Gasteiger charge is -2.09. The largest absolute Gasteiger partial charge is 0.288 e. The van der Waals surface area contributed by atoms with Crippen molar-refractivity contribution >= 4 is 56.8 Å². The molecule has 1 aromatic carbocycles. The van der Waals surface area contributed by atoms with E-state index >= 15 is 0 Å². The van der Waals surface area contributed by atoms with E-state index in [0.29, 0.717) is 27.7 Å². The van der Waals surface area contributed by atoms with Gasteiger partial charge < -0.3 is 0 Å². The number of sulfonamides is 1. The molecular formula is C15H13Cl2N5O3S. The number of aryl methyl sites for hydroxylation is 1. The van der Waals surface area contributed by atoms with Crippen LogP contribution in [0.25, 0.3) is 12.2 Å². The molecule has 3 rings (SSSR count). The van der Waals surface area contributed by atoms with Gasteiger partial charge in [-0.25, -0.2) is 18.4 Å². The number of anilines is 1. The van der Waals surface area contributed by atoms with Crippen LogP contribution in [0, 0.1) is 6.92 Å². The topological polar surface area (TPSA) is 109 Å². The summed E-state index contributed by atoms with van der Waals surface area (Å²) in [4.78, 5) is 20.7. The normalized spacial score (nSPS) is 12.7. The van der Waals surface area contributed by atoms with Crippen LogP contribution in [0.15, 0.2) is 28.0 Å². The number of benzene rings is 1. The predicted octanol–water partition coefficient (Wildman–Crippen LogP) is 1.37. The molecule has 0 saturated carbocycles. The van der Waals surface area contributed by atoms with E-state index in [4.69, 9.17) is 23.2 Å². The van der Waals surface area contributed by atoms with Crippen LogP contribution >= 0.6 is 23.2 Å². The summed E-state index contributed by atoms with van der Waals surface area (Å²) in [7, 11) is -3.54. The molecule has 0 atom stereocenters. The second kappa shape index (κ2) is 6.42. The maximum Gasteiger partial charge on any atom is 0.272 e. The van der Waals surface area contributed by atoms with Crippen molar-refractivity contribution in [2.45, 2.75) is 6.92 Å². The number of nitrogens with zero attached hydrogens (tertiary/aromatic N) is 3. The van der Waals surface area contributed by atoms with E-state index in [0.717, 1.165) is 6.26 Å². The molecule has 0 aliphatic heterocycles. The molecular weight excluding hydrogens is 401 g/mol. The minimum absolute atomic E-state index is 0.0637. The number of hydrogen-bond donors (Lipinski definition) is 2. The molecule has 3 aromatic rings. The molecule has 11 heteroatoms. The summed E-state index contributed by atoms with van der Waals surface area (Å²) in [5.41, 5.74) is 0.970. The second-order valence-electron chi connectivity index (χ2n) is 5.60. The van der Waals surface area contributed by atoms with E-state index < -0.39 is 10.0 Å². The van der Waals surface area contributed by atoms with Crippen LogP contribution in [0.2, 0.25) is 10.0 Å². The summed E-state index contributed by atoms with van der Waals surface area (Å²) in [6, 6.07) is 4.27. The fourth-order valence-electron chi connectivity index (χ4n) is 2.34. The summed E-state index contributed by atoms with van der Waals surface area (Å²) in [5, 5.41) is 3.68. The summed E-state index contributed by atoms with van der Waals surface area (Å²) >= 11 is 12.2. The maximum atomic E-state index is 12.0. The van der Waals surface area contributed by atoms with Gasteiger partial charge in [0.1, 0.15) is 5.36 Å². The molecule has 0 unspecified atom stereocenters. The van der Waals surface area contributed by atoms with Crippen LogP contribution in [-0.4, -0.2) is 29.3 Å². The average Bonchev–Trinajstić information content (AvgIpc) is 2.79. The molecule has 0 amide bonds. The number of halogens is 2. The fourth-order valence-corrected chi connectivity index (χ4v) is 3.61. The van der Waals surface area contributed by atoms with E-state index in [-0.39, 0.29) is 21.3 Å². The van der Waals surface area contributed by atoms with E-state index in [2.05, 4.69) is 26.4 Å². The molecule has 2 heterocycles. The Morgan fingerprint density at radius 2 is 1.88 bits per heavy atom. The third-order valence-electron chi connectivity index (χ3n) is 3.35. The zero-order valence-electron chi connectivity index (χ0n) is 13.7. The summed E-state index contributed by atoms with van der Waals surface area (Å²) in [6.45, 7) is 5.52. The first kappa shape index (κ1) is 18.4. The van der Waals surface area contributed by atoms with Crippen LogP contribution in [0.1, 0.15) is 5.69 Å². The van der Waals surface area contributed by atoms with Crippen molar-refractivity contribution < 1.29 is 8.42 Å². The molecule has 0 bridgehead atoms. The SMILES string of the molecule is C=c1[nH]n2c(=O)cc(C)nc2c1=Nc1cc(Cl)c(NS(C)(=O)=O)c(Cl)c1. The maximum absolute atomic E-state index is 12.0. The first-order valence-electron chi connectivity index (χ1n) is 7.18. The Kier molecular flexibility index (Phi) is 4.55. The summed E-state index contributed by atoms with van der Waals surface area (Å²) in [5.74, 6) is 0. The predicted molar refractivity (Wildman–Crippen MR) is 101 cm³/mol. The zero-order valence-corrected chi connectivity index (χ0v) is 16.0. The van der Waals surface area contributed by atoms with Crippen molar-refractivity contribution in [3.63, 3.8) is 0 Å². The number of H-pyrrole nitrogens is 1.